The summed E-state index contributed by atoms with van der Waals surface area (Å²) in [6.45, 7) is 1.86. The average Bonchev–Trinajstić information content (AvgIpc) is 3.38. The molecule has 1 aliphatic heterocycles. The molecule has 2 aliphatic carbocycles. The van der Waals surface area contributed by atoms with Crippen LogP contribution in [0.4, 0.5) is 4.79 Å². The second-order valence-corrected chi connectivity index (χ2v) is 8.65. The maximum absolute atomic E-state index is 12.6. The molecule has 1 aromatic carbocycles. The molecule has 2 saturated carbocycles. The molecule has 4 rings (SSSR count). The maximum atomic E-state index is 12.6. The normalized spacial score (nSPS) is 29.8. The lowest BCUT2D eigenvalue weighted by Gasteiger charge is -2.29. The van der Waals surface area contributed by atoms with Gasteiger partial charge < -0.3 is 10.6 Å². The van der Waals surface area contributed by atoms with Crippen molar-refractivity contribution in [2.45, 2.75) is 57.5 Å². The van der Waals surface area contributed by atoms with Crippen LogP contribution in [0.5, 0.6) is 0 Å². The molecule has 1 aromatic rings. The largest absolute Gasteiger partial charge is 0.352 e. The van der Waals surface area contributed by atoms with Gasteiger partial charge in [-0.2, -0.15) is 0 Å². The molecule has 5 atom stereocenters. The highest BCUT2D eigenvalue weighted by molar-refractivity contribution is 6.06. The van der Waals surface area contributed by atoms with Crippen LogP contribution in [0.2, 0.25) is 0 Å². The van der Waals surface area contributed by atoms with Gasteiger partial charge in [0.05, 0.1) is 0 Å². The number of nitrogens with zero attached hydrogens (tertiary/aromatic N) is 1. The fourth-order valence-corrected chi connectivity index (χ4v) is 5.33. The van der Waals surface area contributed by atoms with Gasteiger partial charge in [-0.1, -0.05) is 36.8 Å². The van der Waals surface area contributed by atoms with E-state index in [0.717, 1.165) is 22.3 Å². The van der Waals surface area contributed by atoms with Crippen LogP contribution in [0.25, 0.3) is 0 Å². The van der Waals surface area contributed by atoms with Crippen LogP contribution in [0.15, 0.2) is 30.3 Å². The smallest absolute Gasteiger partial charge is 0.325 e. The summed E-state index contributed by atoms with van der Waals surface area (Å²) in [7, 11) is 0. The molecule has 1 saturated heterocycles. The summed E-state index contributed by atoms with van der Waals surface area (Å²) >= 11 is 0. The molecule has 6 heteroatoms. The van der Waals surface area contributed by atoms with Gasteiger partial charge in [0.1, 0.15) is 12.6 Å². The van der Waals surface area contributed by atoms with Crippen molar-refractivity contribution in [3.05, 3.63) is 35.9 Å². The molecular formula is C22H29N3O3. The van der Waals surface area contributed by atoms with E-state index in [9.17, 15) is 14.4 Å². The third kappa shape index (κ3) is 3.91. The number of hydrogen-bond donors (Lipinski definition) is 2. The van der Waals surface area contributed by atoms with Gasteiger partial charge in [-0.15, -0.1) is 0 Å². The monoisotopic (exact) mass is 383 g/mol. The molecule has 6 nitrogen and oxygen atoms in total. The van der Waals surface area contributed by atoms with Crippen LogP contribution in [0.3, 0.4) is 0 Å². The summed E-state index contributed by atoms with van der Waals surface area (Å²) in [6, 6.07) is 8.94. The SMILES string of the molecule is CC(NC(=O)CN1C(=O)NC(CCc2ccccc2)C1=O)C1CC2CCC1C2. The molecule has 150 valence electrons. The Kier molecular flexibility index (Phi) is 5.38. The van der Waals surface area contributed by atoms with Gasteiger partial charge in [0.15, 0.2) is 0 Å². The minimum absolute atomic E-state index is 0.0949. The Balaban J connectivity index is 1.27. The molecule has 3 fully saturated rings. The fraction of sp³-hybridized carbons (Fsp3) is 0.591. The Morgan fingerprint density at radius 3 is 2.68 bits per heavy atom. The van der Waals surface area contributed by atoms with Crippen LogP contribution in [0.1, 0.15) is 44.6 Å². The second-order valence-electron chi connectivity index (χ2n) is 8.65. The van der Waals surface area contributed by atoms with E-state index in [1.807, 2.05) is 30.3 Å². The molecule has 3 aliphatic rings. The van der Waals surface area contributed by atoms with Gasteiger partial charge in [0.25, 0.3) is 5.91 Å². The molecule has 28 heavy (non-hydrogen) atoms. The average molecular weight is 383 g/mol. The molecule has 0 spiro atoms. The number of rotatable bonds is 7. The first kappa shape index (κ1) is 19.0. The predicted molar refractivity (Wildman–Crippen MR) is 105 cm³/mol. The number of amides is 4. The van der Waals surface area contributed by atoms with Gasteiger partial charge >= 0.3 is 6.03 Å². The van der Waals surface area contributed by atoms with E-state index in [2.05, 4.69) is 17.6 Å². The Morgan fingerprint density at radius 2 is 2.00 bits per heavy atom. The number of fused-ring (bicyclic) bond motifs is 2. The number of imide groups is 1. The van der Waals surface area contributed by atoms with E-state index in [1.54, 1.807) is 0 Å². The lowest BCUT2D eigenvalue weighted by atomic mass is 9.84. The molecule has 5 unspecified atom stereocenters. The number of aryl methyl sites for hydroxylation is 1. The number of nitrogens with one attached hydrogen (secondary N) is 2. The first-order valence-corrected chi connectivity index (χ1v) is 10.5. The summed E-state index contributed by atoms with van der Waals surface area (Å²) < 4.78 is 0. The molecule has 2 N–H and O–H groups in total. The summed E-state index contributed by atoms with van der Waals surface area (Å²) in [5.74, 6) is 1.53. The van der Waals surface area contributed by atoms with Gasteiger partial charge in [0, 0.05) is 6.04 Å². The van der Waals surface area contributed by atoms with Crippen LogP contribution < -0.4 is 10.6 Å². The Hall–Kier alpha value is -2.37. The lowest BCUT2D eigenvalue weighted by molar-refractivity contribution is -0.132. The van der Waals surface area contributed by atoms with Crippen molar-refractivity contribution in [2.24, 2.45) is 17.8 Å². The van der Waals surface area contributed by atoms with Gasteiger partial charge in [0.2, 0.25) is 5.91 Å². The topological polar surface area (TPSA) is 78.5 Å². The zero-order valence-corrected chi connectivity index (χ0v) is 16.4. The Labute approximate surface area is 166 Å². The van der Waals surface area contributed by atoms with E-state index >= 15 is 0 Å². The van der Waals surface area contributed by atoms with Gasteiger partial charge in [-0.3, -0.25) is 14.5 Å². The first-order valence-electron chi connectivity index (χ1n) is 10.5. The number of carbonyl (C=O) groups excluding carboxylic acids is 3. The van der Waals surface area contributed by atoms with Crippen LogP contribution in [-0.4, -0.2) is 41.4 Å². The summed E-state index contributed by atoms with van der Waals surface area (Å²) in [6.07, 6.45) is 6.32. The highest BCUT2D eigenvalue weighted by Gasteiger charge is 2.43. The molecular weight excluding hydrogens is 354 g/mol. The van der Waals surface area contributed by atoms with Crippen LogP contribution >= 0.6 is 0 Å². The standard InChI is InChI=1S/C22H29N3O3/c1-14(18-12-16-7-9-17(18)11-16)23-20(26)13-25-21(27)19(24-22(25)28)10-8-15-5-3-2-4-6-15/h2-6,14,16-19H,7-13H2,1H3,(H,23,26)(H,24,28). The van der Waals surface area contributed by atoms with E-state index in [0.29, 0.717) is 18.8 Å². The highest BCUT2D eigenvalue weighted by atomic mass is 16.2. The van der Waals surface area contributed by atoms with Gasteiger partial charge in [-0.05, 0) is 62.3 Å². The van der Waals surface area contributed by atoms with Crippen LogP contribution in [0, 0.1) is 17.8 Å². The second kappa shape index (κ2) is 7.94. The highest BCUT2D eigenvalue weighted by Crippen LogP contribution is 2.49. The summed E-state index contributed by atoms with van der Waals surface area (Å²) in [5.41, 5.74) is 1.13. The summed E-state index contributed by atoms with van der Waals surface area (Å²) in [5, 5.41) is 5.75. The quantitative estimate of drug-likeness (QED) is 0.710. The maximum Gasteiger partial charge on any atom is 0.325 e. The molecule has 2 bridgehead atoms. The molecule has 0 radical (unpaired) electrons. The van der Waals surface area contributed by atoms with E-state index in [-0.39, 0.29) is 24.4 Å². The number of hydrogen-bond acceptors (Lipinski definition) is 3. The van der Waals surface area contributed by atoms with E-state index < -0.39 is 12.1 Å². The van der Waals surface area contributed by atoms with Crippen molar-refractivity contribution in [1.82, 2.24) is 15.5 Å². The van der Waals surface area contributed by atoms with Crippen molar-refractivity contribution in [1.29, 1.82) is 0 Å². The third-order valence-electron chi connectivity index (χ3n) is 6.80. The predicted octanol–water partition coefficient (Wildman–Crippen LogP) is 2.48. The molecule has 1 heterocycles. The first-order chi connectivity index (χ1) is 13.5. The molecule has 0 aromatic heterocycles. The van der Waals surface area contributed by atoms with Crippen LogP contribution in [-0.2, 0) is 16.0 Å². The fourth-order valence-electron chi connectivity index (χ4n) is 5.33. The minimum Gasteiger partial charge on any atom is -0.352 e. The van der Waals surface area contributed by atoms with Crippen molar-refractivity contribution < 1.29 is 14.4 Å². The zero-order valence-electron chi connectivity index (χ0n) is 16.4. The number of carbonyl (C=O) groups is 3. The molecule has 4 amide bonds. The number of urea groups is 1. The van der Waals surface area contributed by atoms with Crippen molar-refractivity contribution in [3.63, 3.8) is 0 Å². The van der Waals surface area contributed by atoms with Crippen molar-refractivity contribution >= 4 is 17.8 Å². The van der Waals surface area contributed by atoms with Gasteiger partial charge in [-0.25, -0.2) is 4.79 Å². The van der Waals surface area contributed by atoms with E-state index in [1.165, 1.54) is 25.7 Å². The zero-order chi connectivity index (χ0) is 19.7. The minimum atomic E-state index is -0.552. The summed E-state index contributed by atoms with van der Waals surface area (Å²) in [4.78, 5) is 38.3. The number of benzene rings is 1. The van der Waals surface area contributed by atoms with Crippen molar-refractivity contribution in [3.8, 4) is 0 Å². The lowest BCUT2D eigenvalue weighted by Crippen LogP contribution is -2.46. The third-order valence-corrected chi connectivity index (χ3v) is 6.80. The van der Waals surface area contributed by atoms with Crippen molar-refractivity contribution in [2.75, 3.05) is 6.54 Å². The Bertz CT molecular complexity index is 751. The van der Waals surface area contributed by atoms with E-state index in [4.69, 9.17) is 0 Å². The Morgan fingerprint density at radius 1 is 1.21 bits per heavy atom.